The number of hydrogen-bond acceptors (Lipinski definition) is 3. The van der Waals surface area contributed by atoms with Crippen molar-refractivity contribution in [2.45, 2.75) is 6.10 Å². The number of carbonyl (C=O) groups is 1. The molecule has 16 heavy (non-hydrogen) atoms. The van der Waals surface area contributed by atoms with Gasteiger partial charge in [-0.2, -0.15) is 0 Å². The molecule has 0 spiro atoms. The summed E-state index contributed by atoms with van der Waals surface area (Å²) in [6.07, 6.45) is -0.141. The Morgan fingerprint density at radius 1 is 1.44 bits per heavy atom. The van der Waals surface area contributed by atoms with Gasteiger partial charge < -0.3 is 16.0 Å². The van der Waals surface area contributed by atoms with E-state index >= 15 is 0 Å². The van der Waals surface area contributed by atoms with E-state index in [9.17, 15) is 4.79 Å². The molecule has 0 bridgehead atoms. The summed E-state index contributed by atoms with van der Waals surface area (Å²) in [6.45, 7) is 1.65. The van der Waals surface area contributed by atoms with Gasteiger partial charge in [0.05, 0.1) is 25.4 Å². The average molecular weight is 232 g/mol. The SMILES string of the molecule is O=C(O)c1cccc(C2COCCO2)c1.[H-].[Na+]. The molecule has 0 aromatic heterocycles. The largest absolute Gasteiger partial charge is 1.00 e. The van der Waals surface area contributed by atoms with Crippen molar-refractivity contribution in [2.75, 3.05) is 19.8 Å². The molecule has 1 N–H and O–H groups in total. The van der Waals surface area contributed by atoms with Crippen LogP contribution in [0.25, 0.3) is 0 Å². The number of ether oxygens (including phenoxy) is 2. The maximum Gasteiger partial charge on any atom is 1.00 e. The van der Waals surface area contributed by atoms with E-state index in [-0.39, 0.29) is 42.7 Å². The zero-order valence-electron chi connectivity index (χ0n) is 10.2. The van der Waals surface area contributed by atoms with Gasteiger partial charge in [0.2, 0.25) is 0 Å². The Kier molecular flexibility index (Phi) is 5.44. The van der Waals surface area contributed by atoms with Crippen LogP contribution in [-0.2, 0) is 9.47 Å². The van der Waals surface area contributed by atoms with Gasteiger partial charge in [-0.05, 0) is 17.7 Å². The molecule has 1 fully saturated rings. The Bertz CT molecular complexity index is 366. The third kappa shape index (κ3) is 3.30. The fourth-order valence-electron chi connectivity index (χ4n) is 1.55. The summed E-state index contributed by atoms with van der Waals surface area (Å²) in [6, 6.07) is 6.76. The molecule has 0 saturated carbocycles. The van der Waals surface area contributed by atoms with Gasteiger partial charge in [-0.1, -0.05) is 12.1 Å². The molecule has 1 aromatic carbocycles. The van der Waals surface area contributed by atoms with Crippen LogP contribution in [0.5, 0.6) is 0 Å². The second kappa shape index (κ2) is 6.37. The van der Waals surface area contributed by atoms with Gasteiger partial charge in [0.15, 0.2) is 0 Å². The molecule has 82 valence electrons. The molecular formula is C11H13NaO4. The fraction of sp³-hybridized carbons (Fsp3) is 0.364. The van der Waals surface area contributed by atoms with E-state index in [0.29, 0.717) is 19.8 Å². The van der Waals surface area contributed by atoms with Crippen LogP contribution in [0.4, 0.5) is 0 Å². The van der Waals surface area contributed by atoms with Crippen LogP contribution in [-0.4, -0.2) is 30.9 Å². The maximum atomic E-state index is 10.8. The summed E-state index contributed by atoms with van der Waals surface area (Å²) in [4.78, 5) is 10.8. The van der Waals surface area contributed by atoms with Crippen LogP contribution in [0.15, 0.2) is 24.3 Å². The maximum absolute atomic E-state index is 10.8. The van der Waals surface area contributed by atoms with Gasteiger partial charge >= 0.3 is 35.5 Å². The molecule has 1 aliphatic heterocycles. The van der Waals surface area contributed by atoms with E-state index in [1.165, 1.54) is 0 Å². The van der Waals surface area contributed by atoms with E-state index in [2.05, 4.69) is 0 Å². The van der Waals surface area contributed by atoms with Crippen LogP contribution in [0, 0.1) is 0 Å². The molecule has 1 aromatic rings. The zero-order chi connectivity index (χ0) is 10.7. The number of hydrogen-bond donors (Lipinski definition) is 1. The van der Waals surface area contributed by atoms with Crippen molar-refractivity contribution in [2.24, 2.45) is 0 Å². The first-order valence-corrected chi connectivity index (χ1v) is 4.80. The van der Waals surface area contributed by atoms with Crippen LogP contribution in [0.1, 0.15) is 23.5 Å². The fourth-order valence-corrected chi connectivity index (χ4v) is 1.55. The monoisotopic (exact) mass is 232 g/mol. The van der Waals surface area contributed by atoms with Crippen LogP contribution >= 0.6 is 0 Å². The van der Waals surface area contributed by atoms with Gasteiger partial charge in [0.25, 0.3) is 0 Å². The first-order chi connectivity index (χ1) is 7.27. The Hall–Kier alpha value is -0.390. The number of benzene rings is 1. The summed E-state index contributed by atoms with van der Waals surface area (Å²) in [5.74, 6) is -0.923. The van der Waals surface area contributed by atoms with E-state index in [4.69, 9.17) is 14.6 Å². The van der Waals surface area contributed by atoms with Crippen LogP contribution in [0.2, 0.25) is 0 Å². The smallest absolute Gasteiger partial charge is 1.00 e. The van der Waals surface area contributed by atoms with Crippen molar-refractivity contribution in [3.8, 4) is 0 Å². The normalized spacial score (nSPS) is 19.9. The summed E-state index contributed by atoms with van der Waals surface area (Å²) in [5, 5.41) is 8.84. The average Bonchev–Trinajstić information content (AvgIpc) is 2.30. The number of carboxylic acid groups (broad SMARTS) is 1. The van der Waals surface area contributed by atoms with Crippen molar-refractivity contribution in [1.82, 2.24) is 0 Å². The van der Waals surface area contributed by atoms with Crippen molar-refractivity contribution in [3.63, 3.8) is 0 Å². The first kappa shape index (κ1) is 13.7. The molecule has 0 amide bonds. The van der Waals surface area contributed by atoms with E-state index in [1.807, 2.05) is 6.07 Å². The molecule has 5 heteroatoms. The van der Waals surface area contributed by atoms with Crippen molar-refractivity contribution in [3.05, 3.63) is 35.4 Å². The Morgan fingerprint density at radius 3 is 2.88 bits per heavy atom. The van der Waals surface area contributed by atoms with Crippen LogP contribution < -0.4 is 29.6 Å². The van der Waals surface area contributed by atoms with Gasteiger partial charge in [-0.3, -0.25) is 0 Å². The first-order valence-electron chi connectivity index (χ1n) is 4.80. The minimum absolute atomic E-state index is 0. The minimum Gasteiger partial charge on any atom is -1.00 e. The number of carboxylic acids is 1. The van der Waals surface area contributed by atoms with Crippen molar-refractivity contribution >= 4 is 5.97 Å². The second-order valence-corrected chi connectivity index (χ2v) is 3.36. The summed E-state index contributed by atoms with van der Waals surface area (Å²) >= 11 is 0. The molecule has 1 heterocycles. The van der Waals surface area contributed by atoms with Gasteiger partial charge in [-0.15, -0.1) is 0 Å². The predicted molar refractivity (Wildman–Crippen MR) is 54.0 cm³/mol. The quantitative estimate of drug-likeness (QED) is 0.636. The summed E-state index contributed by atoms with van der Waals surface area (Å²) in [7, 11) is 0. The molecule has 1 aliphatic rings. The van der Waals surface area contributed by atoms with Gasteiger partial charge in [0.1, 0.15) is 6.10 Å². The molecule has 0 aliphatic carbocycles. The van der Waals surface area contributed by atoms with Crippen LogP contribution in [0.3, 0.4) is 0 Å². The van der Waals surface area contributed by atoms with E-state index in [1.54, 1.807) is 18.2 Å². The minimum atomic E-state index is -0.923. The van der Waals surface area contributed by atoms with Gasteiger partial charge in [0, 0.05) is 0 Å². The van der Waals surface area contributed by atoms with E-state index in [0.717, 1.165) is 5.56 Å². The summed E-state index contributed by atoms with van der Waals surface area (Å²) in [5.41, 5.74) is 1.14. The number of aromatic carboxylic acids is 1. The topological polar surface area (TPSA) is 55.8 Å². The Balaban J connectivity index is 0.00000128. The molecule has 1 unspecified atom stereocenters. The second-order valence-electron chi connectivity index (χ2n) is 3.36. The Labute approximate surface area is 117 Å². The molecular weight excluding hydrogens is 219 g/mol. The molecule has 1 saturated heterocycles. The molecule has 1 atom stereocenters. The third-order valence-corrected chi connectivity index (χ3v) is 2.32. The molecule has 4 nitrogen and oxygen atoms in total. The third-order valence-electron chi connectivity index (χ3n) is 2.32. The van der Waals surface area contributed by atoms with Gasteiger partial charge in [-0.25, -0.2) is 4.79 Å². The van der Waals surface area contributed by atoms with Crippen molar-refractivity contribution in [1.29, 1.82) is 0 Å². The number of rotatable bonds is 2. The predicted octanol–water partition coefficient (Wildman–Crippen LogP) is -1.41. The van der Waals surface area contributed by atoms with Crippen molar-refractivity contribution < 1.29 is 50.4 Å². The molecule has 0 radical (unpaired) electrons. The Morgan fingerprint density at radius 2 is 2.25 bits per heavy atom. The molecule has 2 rings (SSSR count). The standard InChI is InChI=1S/C11H12O4.Na.H/c12-11(13)9-3-1-2-8(6-9)10-7-14-4-5-15-10;;/h1-3,6,10H,4-5,7H2,(H,12,13);;/q;+1;-1. The summed E-state index contributed by atoms with van der Waals surface area (Å²) < 4.78 is 10.7. The van der Waals surface area contributed by atoms with E-state index < -0.39 is 5.97 Å². The zero-order valence-corrected chi connectivity index (χ0v) is 11.2.